The van der Waals surface area contributed by atoms with E-state index >= 15 is 0 Å². The molecule has 0 saturated heterocycles. The van der Waals surface area contributed by atoms with E-state index in [1.807, 2.05) is 0 Å². The van der Waals surface area contributed by atoms with Crippen molar-refractivity contribution in [3.8, 4) is 0 Å². The van der Waals surface area contributed by atoms with Gasteiger partial charge in [0, 0.05) is 0 Å². The molecule has 0 atom stereocenters. The van der Waals surface area contributed by atoms with Crippen molar-refractivity contribution in [2.45, 2.75) is 19.1 Å². The summed E-state index contributed by atoms with van der Waals surface area (Å²) >= 11 is 0. The highest BCUT2D eigenvalue weighted by Gasteiger charge is 1.78. The molecule has 0 aromatic rings. The van der Waals surface area contributed by atoms with Crippen molar-refractivity contribution in [3.05, 3.63) is 0 Å². The van der Waals surface area contributed by atoms with Crippen LogP contribution in [0.3, 0.4) is 0 Å². The smallest absolute Gasteiger partial charge is 0.0856 e. The first-order chi connectivity index (χ1) is 2.91. The third-order valence-corrected chi connectivity index (χ3v) is 0.957. The lowest BCUT2D eigenvalue weighted by Gasteiger charge is -1.84. The lowest BCUT2D eigenvalue weighted by Crippen LogP contribution is -1.85. The fraction of sp³-hybridized carbons (Fsp3) is 1.00. The van der Waals surface area contributed by atoms with Crippen LogP contribution in [0.15, 0.2) is 0 Å². The second kappa shape index (κ2) is 5.19. The van der Waals surface area contributed by atoms with Gasteiger partial charge in [-0.25, -0.2) is 0 Å². The Morgan fingerprint density at radius 3 is 2.33 bits per heavy atom. The molecule has 0 aromatic heterocycles. The number of rotatable bonds is 3. The summed E-state index contributed by atoms with van der Waals surface area (Å²) in [5.74, 6) is 0. The van der Waals surface area contributed by atoms with Gasteiger partial charge in [-0.1, -0.05) is 19.1 Å². The van der Waals surface area contributed by atoms with Gasteiger partial charge in [0.15, 0.2) is 0 Å². The van der Waals surface area contributed by atoms with E-state index in [0.29, 0.717) is 0 Å². The van der Waals surface area contributed by atoms with Crippen LogP contribution in [0.5, 0.6) is 0 Å². The molecule has 0 unspecified atom stereocenters. The van der Waals surface area contributed by atoms with Crippen LogP contribution in [0, 0.1) is 0 Å². The summed E-state index contributed by atoms with van der Waals surface area (Å²) in [4.78, 5) is 0. The molecule has 0 aliphatic rings. The molecule has 0 bridgehead atoms. The Hall–Kier alpha value is 0.195. The molecular weight excluding hydrogens is 68.5 g/mol. The molecule has 0 amide bonds. The van der Waals surface area contributed by atoms with Crippen molar-refractivity contribution >= 4 is 22.8 Å². The van der Waals surface area contributed by atoms with Crippen molar-refractivity contribution in [2.24, 2.45) is 0 Å². The Balaban J connectivity index is 2.34. The van der Waals surface area contributed by atoms with Gasteiger partial charge in [0.2, 0.25) is 0 Å². The van der Waals surface area contributed by atoms with Gasteiger partial charge < -0.3 is 0 Å². The van der Waals surface area contributed by atoms with Gasteiger partial charge in [-0.15, -0.1) is 0 Å². The predicted molar refractivity (Wildman–Crippen MR) is 38.5 cm³/mol. The molecule has 0 N–H and O–H groups in total. The highest BCUT2D eigenvalue weighted by atomic mass is 13.6. The topological polar surface area (TPSA) is 0 Å². The molecule has 6 heavy (non-hydrogen) atoms. The zero-order valence-corrected chi connectivity index (χ0v) is 4.83. The van der Waals surface area contributed by atoms with Crippen LogP contribution in [-0.2, 0) is 0 Å². The fourth-order valence-corrected chi connectivity index (χ4v) is 0.500. The van der Waals surface area contributed by atoms with E-state index in [1.165, 1.54) is 26.2 Å². The fourth-order valence-electron chi connectivity index (χ4n) is 0.500. The zero-order valence-electron chi connectivity index (χ0n) is 4.83. The average Bonchev–Trinajstić information content (AvgIpc) is 1.61. The quantitative estimate of drug-likeness (QED) is 0.296. The molecule has 0 rings (SSSR count). The summed E-state index contributed by atoms with van der Waals surface area (Å²) in [6.45, 7) is 0. The molecule has 0 heterocycles. The van der Waals surface area contributed by atoms with Gasteiger partial charge in [-0.3, -0.25) is 0 Å². The Labute approximate surface area is 42.7 Å². The summed E-state index contributed by atoms with van der Waals surface area (Å²) < 4.78 is 0. The minimum Gasteiger partial charge on any atom is -0.0856 e. The van der Waals surface area contributed by atoms with Crippen molar-refractivity contribution < 1.29 is 0 Å². The molecule has 0 fully saturated rings. The van der Waals surface area contributed by atoms with Crippen LogP contribution < -0.4 is 0 Å². The summed E-state index contributed by atoms with van der Waals surface area (Å²) in [5.41, 5.74) is 0. The molecule has 0 aliphatic heterocycles. The SMILES string of the molecule is BBCCCB. The second-order valence-electron chi connectivity index (χ2n) is 1.71. The minimum atomic E-state index is 1.36. The summed E-state index contributed by atoms with van der Waals surface area (Å²) in [7, 11) is 5.82. The monoisotopic (exact) mass is 80.1 g/mol. The highest BCUT2D eigenvalue weighted by Crippen LogP contribution is 1.87. The molecule has 0 spiro atoms. The van der Waals surface area contributed by atoms with Crippen molar-refractivity contribution in [1.82, 2.24) is 0 Å². The van der Waals surface area contributed by atoms with E-state index in [0.717, 1.165) is 0 Å². The van der Waals surface area contributed by atoms with Gasteiger partial charge in [0.25, 0.3) is 0 Å². The van der Waals surface area contributed by atoms with E-state index in [9.17, 15) is 0 Å². The zero-order chi connectivity index (χ0) is 4.83. The van der Waals surface area contributed by atoms with E-state index in [1.54, 1.807) is 0 Å². The first kappa shape index (κ1) is 6.19. The van der Waals surface area contributed by atoms with Gasteiger partial charge in [-0.2, -0.15) is 0 Å². The van der Waals surface area contributed by atoms with E-state index in [-0.39, 0.29) is 0 Å². The standard InChI is InChI=1S/C3H11B3/c4-2-1-3-6-5/h6H,1-5H2. The van der Waals surface area contributed by atoms with E-state index in [2.05, 4.69) is 15.6 Å². The lowest BCUT2D eigenvalue weighted by molar-refractivity contribution is 1.07. The Morgan fingerprint density at radius 2 is 2.17 bits per heavy atom. The molecule has 0 saturated carbocycles. The predicted octanol–water partition coefficient (Wildman–Crippen LogP) is -1.17. The minimum absolute atomic E-state index is 1.36. The maximum Gasteiger partial charge on any atom is 0.101 e. The van der Waals surface area contributed by atoms with Crippen molar-refractivity contribution in [1.29, 1.82) is 0 Å². The summed E-state index contributed by atoms with van der Waals surface area (Å²) in [6.07, 6.45) is 4.18. The van der Waals surface area contributed by atoms with Crippen LogP contribution in [0.25, 0.3) is 0 Å². The second-order valence-corrected chi connectivity index (χ2v) is 1.71. The Morgan fingerprint density at radius 1 is 1.50 bits per heavy atom. The van der Waals surface area contributed by atoms with E-state index in [4.69, 9.17) is 0 Å². The molecule has 0 nitrogen and oxygen atoms in total. The third-order valence-electron chi connectivity index (χ3n) is 0.957. The van der Waals surface area contributed by atoms with Crippen LogP contribution in [-0.4, -0.2) is 22.8 Å². The van der Waals surface area contributed by atoms with Crippen LogP contribution in [0.2, 0.25) is 12.6 Å². The van der Waals surface area contributed by atoms with Crippen LogP contribution >= 0.6 is 0 Å². The molecule has 0 radical (unpaired) electrons. The summed E-state index contributed by atoms with van der Waals surface area (Å²) in [5, 5.41) is 0. The van der Waals surface area contributed by atoms with Crippen LogP contribution in [0.4, 0.5) is 0 Å². The van der Waals surface area contributed by atoms with Crippen LogP contribution in [0.1, 0.15) is 6.42 Å². The van der Waals surface area contributed by atoms with Crippen molar-refractivity contribution in [3.63, 3.8) is 0 Å². The third kappa shape index (κ3) is 4.19. The number of hydrogen-bond acceptors (Lipinski definition) is 0. The highest BCUT2D eigenvalue weighted by molar-refractivity contribution is 6.89. The average molecular weight is 79.6 g/mol. The van der Waals surface area contributed by atoms with Gasteiger partial charge in [-0.05, 0) is 0 Å². The van der Waals surface area contributed by atoms with Gasteiger partial charge in [0.05, 0.1) is 14.9 Å². The Kier molecular flexibility index (Phi) is 5.36. The molecular formula is C3H11B3. The maximum absolute atomic E-state index is 2.23. The summed E-state index contributed by atoms with van der Waals surface area (Å²) in [6, 6.07) is 0. The van der Waals surface area contributed by atoms with Crippen molar-refractivity contribution in [2.75, 3.05) is 0 Å². The maximum atomic E-state index is 2.23. The molecule has 32 valence electrons. The van der Waals surface area contributed by atoms with Gasteiger partial charge in [0.1, 0.15) is 7.85 Å². The Bertz CT molecular complexity index is 18.0. The number of hydrogen-bond donors (Lipinski definition) is 0. The molecule has 0 aromatic carbocycles. The largest absolute Gasteiger partial charge is 0.101 e. The first-order valence-corrected chi connectivity index (χ1v) is 2.91. The first-order valence-electron chi connectivity index (χ1n) is 2.91. The normalized spacial score (nSPS) is 8.00. The van der Waals surface area contributed by atoms with Gasteiger partial charge >= 0.3 is 0 Å². The van der Waals surface area contributed by atoms with E-state index < -0.39 is 0 Å². The lowest BCUT2D eigenvalue weighted by atomic mass is 9.53. The molecule has 0 aliphatic carbocycles. The molecule has 3 heteroatoms.